The van der Waals surface area contributed by atoms with Gasteiger partial charge < -0.3 is 0 Å². The zero-order valence-corrected chi connectivity index (χ0v) is 7.90. The van der Waals surface area contributed by atoms with Crippen LogP contribution in [0.1, 0.15) is 0 Å². The molecule has 0 saturated carbocycles. The fourth-order valence-corrected chi connectivity index (χ4v) is 1.36. The van der Waals surface area contributed by atoms with Crippen molar-refractivity contribution in [2.24, 2.45) is 0 Å². The lowest BCUT2D eigenvalue weighted by molar-refractivity contribution is 0.510. The molecule has 2 aromatic carbocycles. The molecule has 0 aromatic heterocycles. The second-order valence-corrected chi connectivity index (χ2v) is 3.14. The molecule has 0 N–H and O–H groups in total. The van der Waals surface area contributed by atoms with Crippen LogP contribution in [0.25, 0.3) is 11.1 Å². The average Bonchev–Trinajstić information content (AvgIpc) is 2.23. The highest BCUT2D eigenvalue weighted by atomic mass is 19.2. The van der Waals surface area contributed by atoms with Crippen LogP contribution >= 0.6 is 0 Å². The summed E-state index contributed by atoms with van der Waals surface area (Å²) in [4.78, 5) is 0. The maximum atomic E-state index is 13.3. The Hall–Kier alpha value is -1.84. The molecule has 0 aliphatic carbocycles. The first-order valence-corrected chi connectivity index (χ1v) is 4.41. The highest BCUT2D eigenvalue weighted by Crippen LogP contribution is 2.26. The Balaban J connectivity index is 2.63. The molecule has 0 amide bonds. The van der Waals surface area contributed by atoms with Crippen molar-refractivity contribution in [3.8, 4) is 11.1 Å². The van der Waals surface area contributed by atoms with Crippen molar-refractivity contribution in [2.45, 2.75) is 0 Å². The lowest BCUT2D eigenvalue weighted by atomic mass is 10.0. The number of hydrogen-bond acceptors (Lipinski definition) is 0. The first-order chi connectivity index (χ1) is 7.59. The second-order valence-electron chi connectivity index (χ2n) is 3.14. The zero-order chi connectivity index (χ0) is 11.7. The summed E-state index contributed by atoms with van der Waals surface area (Å²) in [5.74, 6) is -4.19. The quantitative estimate of drug-likeness (QED) is 0.649. The van der Waals surface area contributed by atoms with Crippen molar-refractivity contribution in [3.63, 3.8) is 0 Å². The largest absolute Gasteiger partial charge is 0.206 e. The molecule has 0 bridgehead atoms. The smallest absolute Gasteiger partial charge is 0.166 e. The molecule has 2 aromatic rings. The first-order valence-electron chi connectivity index (χ1n) is 4.41. The van der Waals surface area contributed by atoms with Crippen molar-refractivity contribution in [1.29, 1.82) is 0 Å². The monoisotopic (exact) mass is 225 g/mol. The minimum Gasteiger partial charge on any atom is -0.206 e. The van der Waals surface area contributed by atoms with Crippen LogP contribution < -0.4 is 0 Å². The molecule has 81 valence electrons. The predicted molar refractivity (Wildman–Crippen MR) is 50.5 cm³/mol. The maximum Gasteiger partial charge on any atom is 0.166 e. The highest BCUT2D eigenvalue weighted by molar-refractivity contribution is 5.64. The molecule has 4 heteroatoms. The van der Waals surface area contributed by atoms with Crippen LogP contribution in [-0.4, -0.2) is 0 Å². The molecule has 0 fully saturated rings. The Labute approximate surface area is 89.2 Å². The number of hydrogen-bond donors (Lipinski definition) is 0. The van der Waals surface area contributed by atoms with Crippen LogP contribution in [-0.2, 0) is 0 Å². The van der Waals surface area contributed by atoms with Gasteiger partial charge in [0.1, 0.15) is 11.6 Å². The summed E-state index contributed by atoms with van der Waals surface area (Å²) in [6.07, 6.45) is 0. The Morgan fingerprint density at radius 2 is 1.56 bits per heavy atom. The van der Waals surface area contributed by atoms with E-state index in [2.05, 4.69) is 0 Å². The van der Waals surface area contributed by atoms with Gasteiger partial charge in [-0.05, 0) is 18.2 Å². The van der Waals surface area contributed by atoms with Crippen molar-refractivity contribution in [1.82, 2.24) is 0 Å². The zero-order valence-electron chi connectivity index (χ0n) is 7.90. The van der Waals surface area contributed by atoms with Gasteiger partial charge in [-0.2, -0.15) is 0 Å². The van der Waals surface area contributed by atoms with E-state index in [0.717, 1.165) is 18.2 Å². The SMILES string of the molecule is Fc1[c]c(F)c(-c2cccc(F)c2F)cc1. The van der Waals surface area contributed by atoms with Gasteiger partial charge in [-0.3, -0.25) is 0 Å². The molecule has 0 atom stereocenters. The highest BCUT2D eigenvalue weighted by Gasteiger charge is 2.13. The van der Waals surface area contributed by atoms with Gasteiger partial charge in [0.15, 0.2) is 11.6 Å². The maximum absolute atomic E-state index is 13.3. The third-order valence-electron chi connectivity index (χ3n) is 2.10. The van der Waals surface area contributed by atoms with E-state index < -0.39 is 23.3 Å². The molecule has 0 heterocycles. The van der Waals surface area contributed by atoms with Gasteiger partial charge in [-0.15, -0.1) is 0 Å². The van der Waals surface area contributed by atoms with Crippen LogP contribution in [0.2, 0.25) is 0 Å². The van der Waals surface area contributed by atoms with Crippen molar-refractivity contribution < 1.29 is 17.6 Å². The van der Waals surface area contributed by atoms with Crippen molar-refractivity contribution in [2.75, 3.05) is 0 Å². The van der Waals surface area contributed by atoms with Crippen LogP contribution in [0.15, 0.2) is 30.3 Å². The third-order valence-corrected chi connectivity index (χ3v) is 2.10. The lowest BCUT2D eigenvalue weighted by Gasteiger charge is -2.05. The fraction of sp³-hybridized carbons (Fsp3) is 0. The molecule has 2 rings (SSSR count). The molecule has 0 aliphatic heterocycles. The van der Waals surface area contributed by atoms with Gasteiger partial charge in [0.2, 0.25) is 0 Å². The Morgan fingerprint density at radius 1 is 0.812 bits per heavy atom. The summed E-state index contributed by atoms with van der Waals surface area (Å²) in [6.45, 7) is 0. The van der Waals surface area contributed by atoms with E-state index in [1.807, 2.05) is 0 Å². The Kier molecular flexibility index (Phi) is 2.64. The summed E-state index contributed by atoms with van der Waals surface area (Å²) in [5, 5.41) is 0. The van der Waals surface area contributed by atoms with Crippen molar-refractivity contribution >= 4 is 0 Å². The normalized spacial score (nSPS) is 10.5. The molecule has 0 saturated heterocycles. The topological polar surface area (TPSA) is 0 Å². The summed E-state index contributed by atoms with van der Waals surface area (Å²) in [7, 11) is 0. The summed E-state index contributed by atoms with van der Waals surface area (Å²) < 4.78 is 52.1. The summed E-state index contributed by atoms with van der Waals surface area (Å²) in [6, 6.07) is 7.11. The molecule has 0 spiro atoms. The van der Waals surface area contributed by atoms with E-state index in [4.69, 9.17) is 0 Å². The van der Waals surface area contributed by atoms with E-state index in [1.54, 1.807) is 6.07 Å². The standard InChI is InChI=1S/C12H5F4/c13-7-4-5-8(11(15)6-7)9-2-1-3-10(14)12(9)16/h1-5H. The number of rotatable bonds is 1. The minimum absolute atomic E-state index is 0.224. The summed E-state index contributed by atoms with van der Waals surface area (Å²) in [5.41, 5.74) is -0.479. The van der Waals surface area contributed by atoms with Crippen molar-refractivity contribution in [3.05, 3.63) is 59.7 Å². The van der Waals surface area contributed by atoms with Crippen LogP contribution in [0, 0.1) is 29.3 Å². The molecule has 1 radical (unpaired) electrons. The molecule has 16 heavy (non-hydrogen) atoms. The fourth-order valence-electron chi connectivity index (χ4n) is 1.36. The lowest BCUT2D eigenvalue weighted by Crippen LogP contribution is -1.92. The molecular formula is C12H5F4. The third kappa shape index (κ3) is 1.78. The van der Waals surface area contributed by atoms with E-state index in [9.17, 15) is 17.6 Å². The van der Waals surface area contributed by atoms with Gasteiger partial charge in [0, 0.05) is 11.1 Å². The van der Waals surface area contributed by atoms with Crippen LogP contribution in [0.3, 0.4) is 0 Å². The summed E-state index contributed by atoms with van der Waals surface area (Å²) >= 11 is 0. The Morgan fingerprint density at radius 3 is 2.25 bits per heavy atom. The van der Waals surface area contributed by atoms with E-state index in [1.165, 1.54) is 12.1 Å². The van der Waals surface area contributed by atoms with E-state index in [-0.39, 0.29) is 11.1 Å². The van der Waals surface area contributed by atoms with Crippen LogP contribution in [0.5, 0.6) is 0 Å². The second kappa shape index (κ2) is 3.96. The number of benzene rings is 2. The first kappa shape index (κ1) is 10.7. The van der Waals surface area contributed by atoms with Gasteiger partial charge in [0.25, 0.3) is 0 Å². The van der Waals surface area contributed by atoms with Gasteiger partial charge >= 0.3 is 0 Å². The molecular weight excluding hydrogens is 220 g/mol. The Bertz CT molecular complexity index is 535. The van der Waals surface area contributed by atoms with Gasteiger partial charge in [-0.1, -0.05) is 12.1 Å². The van der Waals surface area contributed by atoms with Gasteiger partial charge in [0.05, 0.1) is 6.07 Å². The minimum atomic E-state index is -1.17. The number of halogens is 4. The molecule has 0 nitrogen and oxygen atoms in total. The van der Waals surface area contributed by atoms with Crippen LogP contribution in [0.4, 0.5) is 17.6 Å². The van der Waals surface area contributed by atoms with Gasteiger partial charge in [-0.25, -0.2) is 17.6 Å². The predicted octanol–water partition coefficient (Wildman–Crippen LogP) is 3.71. The average molecular weight is 225 g/mol. The van der Waals surface area contributed by atoms with E-state index >= 15 is 0 Å². The molecule has 0 aliphatic rings. The molecule has 0 unspecified atom stereocenters. The van der Waals surface area contributed by atoms with E-state index in [0.29, 0.717) is 0 Å².